The molecule has 0 bridgehead atoms. The lowest BCUT2D eigenvalue weighted by atomic mass is 9.99. The lowest BCUT2D eigenvalue weighted by molar-refractivity contribution is -0.118. The average Bonchev–Trinajstić information content (AvgIpc) is 2.46. The van der Waals surface area contributed by atoms with Gasteiger partial charge >= 0.3 is 5.97 Å². The van der Waals surface area contributed by atoms with Gasteiger partial charge in [0, 0.05) is 0 Å². The number of ether oxygens (including phenoxy) is 1. The Labute approximate surface area is 129 Å². The van der Waals surface area contributed by atoms with E-state index >= 15 is 0 Å². The van der Waals surface area contributed by atoms with Gasteiger partial charge in [-0.05, 0) is 24.1 Å². The molecule has 2 unspecified atom stereocenters. The lowest BCUT2D eigenvalue weighted by Gasteiger charge is -2.18. The molecule has 0 saturated carbocycles. The van der Waals surface area contributed by atoms with Crippen LogP contribution >= 0.6 is 12.4 Å². The second-order valence-corrected chi connectivity index (χ2v) is 4.59. The molecule has 7 heteroatoms. The van der Waals surface area contributed by atoms with Crippen LogP contribution in [0, 0.1) is 11.7 Å². The van der Waals surface area contributed by atoms with Crippen molar-refractivity contribution in [2.24, 2.45) is 11.7 Å². The first-order valence-corrected chi connectivity index (χ1v) is 6.35. The number of carbonyl (C=O) groups is 2. The molecule has 21 heavy (non-hydrogen) atoms. The fourth-order valence-corrected chi connectivity index (χ4v) is 1.59. The molecule has 0 heterocycles. The smallest absolute Gasteiger partial charge is 0.337 e. The van der Waals surface area contributed by atoms with Crippen molar-refractivity contribution in [3.8, 4) is 0 Å². The summed E-state index contributed by atoms with van der Waals surface area (Å²) in [4.78, 5) is 23.3. The van der Waals surface area contributed by atoms with E-state index in [2.05, 4.69) is 10.1 Å². The van der Waals surface area contributed by atoms with E-state index in [0.29, 0.717) is 0 Å². The molecule has 0 aliphatic rings. The molecule has 0 saturated heterocycles. The number of methoxy groups -OCH3 is 1. The number of nitrogens with two attached hydrogens (primary N) is 1. The number of esters is 1. The SMILES string of the molecule is CCC(C)C(N)C(=O)Nc1cc(C(=O)OC)ccc1F.Cl. The first kappa shape index (κ1) is 19.3. The number of nitrogens with one attached hydrogen (secondary N) is 1. The molecule has 5 nitrogen and oxygen atoms in total. The monoisotopic (exact) mass is 318 g/mol. The third-order valence-electron chi connectivity index (χ3n) is 3.21. The van der Waals surface area contributed by atoms with Crippen molar-refractivity contribution in [1.82, 2.24) is 0 Å². The average molecular weight is 319 g/mol. The second kappa shape index (κ2) is 8.59. The van der Waals surface area contributed by atoms with Gasteiger partial charge in [0.1, 0.15) is 5.82 Å². The summed E-state index contributed by atoms with van der Waals surface area (Å²) in [6.45, 7) is 3.75. The highest BCUT2D eigenvalue weighted by atomic mass is 35.5. The maximum atomic E-state index is 13.6. The minimum absolute atomic E-state index is 0. The van der Waals surface area contributed by atoms with Gasteiger partial charge in [-0.15, -0.1) is 12.4 Å². The second-order valence-electron chi connectivity index (χ2n) is 4.59. The first-order chi connectivity index (χ1) is 9.40. The molecule has 118 valence electrons. The van der Waals surface area contributed by atoms with Crippen LogP contribution in [0.3, 0.4) is 0 Å². The molecule has 2 atom stereocenters. The number of hydrogen-bond donors (Lipinski definition) is 2. The fraction of sp³-hybridized carbons (Fsp3) is 0.429. The van der Waals surface area contributed by atoms with E-state index in [1.54, 1.807) is 0 Å². The Balaban J connectivity index is 0.00000400. The summed E-state index contributed by atoms with van der Waals surface area (Å²) in [6, 6.07) is 2.87. The Kier molecular flexibility index (Phi) is 7.91. The molecule has 1 aromatic rings. The molecule has 0 radical (unpaired) electrons. The van der Waals surface area contributed by atoms with Crippen molar-refractivity contribution in [1.29, 1.82) is 0 Å². The third kappa shape index (κ3) is 4.99. The largest absolute Gasteiger partial charge is 0.465 e. The van der Waals surface area contributed by atoms with Gasteiger partial charge in [0.15, 0.2) is 0 Å². The predicted molar refractivity (Wildman–Crippen MR) is 81.0 cm³/mol. The van der Waals surface area contributed by atoms with Gasteiger partial charge in [-0.25, -0.2) is 9.18 Å². The number of halogens is 2. The zero-order valence-corrected chi connectivity index (χ0v) is 13.0. The van der Waals surface area contributed by atoms with Gasteiger partial charge in [0.2, 0.25) is 5.91 Å². The van der Waals surface area contributed by atoms with Gasteiger partial charge < -0.3 is 15.8 Å². The summed E-state index contributed by atoms with van der Waals surface area (Å²) in [5.41, 5.74) is 5.83. The highest BCUT2D eigenvalue weighted by molar-refractivity contribution is 5.97. The minimum Gasteiger partial charge on any atom is -0.465 e. The van der Waals surface area contributed by atoms with Crippen molar-refractivity contribution in [2.45, 2.75) is 26.3 Å². The summed E-state index contributed by atoms with van der Waals surface area (Å²) < 4.78 is 18.2. The van der Waals surface area contributed by atoms with Crippen molar-refractivity contribution >= 4 is 30.0 Å². The number of benzene rings is 1. The lowest BCUT2D eigenvalue weighted by Crippen LogP contribution is -2.40. The van der Waals surface area contributed by atoms with Crippen LogP contribution in [-0.4, -0.2) is 25.0 Å². The number of rotatable bonds is 5. The standard InChI is InChI=1S/C14H19FN2O3.ClH/c1-4-8(2)12(16)13(18)17-11-7-9(14(19)20-3)5-6-10(11)15;/h5-8,12H,4,16H2,1-3H3,(H,17,18);1H. The van der Waals surface area contributed by atoms with Crippen LogP contribution in [0.1, 0.15) is 30.6 Å². The maximum absolute atomic E-state index is 13.6. The van der Waals surface area contributed by atoms with Crippen molar-refractivity contribution < 1.29 is 18.7 Å². The minimum atomic E-state index is -0.735. The van der Waals surface area contributed by atoms with E-state index in [0.717, 1.165) is 12.5 Å². The van der Waals surface area contributed by atoms with Gasteiger partial charge in [0.25, 0.3) is 0 Å². The van der Waals surface area contributed by atoms with E-state index in [1.165, 1.54) is 19.2 Å². The van der Waals surface area contributed by atoms with Crippen LogP contribution in [0.15, 0.2) is 18.2 Å². The quantitative estimate of drug-likeness (QED) is 0.816. The third-order valence-corrected chi connectivity index (χ3v) is 3.21. The maximum Gasteiger partial charge on any atom is 0.337 e. The summed E-state index contributed by atoms with van der Waals surface area (Å²) in [6.07, 6.45) is 0.735. The summed E-state index contributed by atoms with van der Waals surface area (Å²) in [5.74, 6) is -1.75. The highest BCUT2D eigenvalue weighted by Gasteiger charge is 2.21. The molecule has 0 spiro atoms. The number of hydrogen-bond acceptors (Lipinski definition) is 4. The molecule has 0 fully saturated rings. The Morgan fingerprint density at radius 2 is 2.05 bits per heavy atom. The molecule has 1 amide bonds. The van der Waals surface area contributed by atoms with E-state index in [9.17, 15) is 14.0 Å². The van der Waals surface area contributed by atoms with E-state index in [-0.39, 0.29) is 29.6 Å². The molecular weight excluding hydrogens is 299 g/mol. The van der Waals surface area contributed by atoms with Crippen LogP contribution in [-0.2, 0) is 9.53 Å². The number of amides is 1. The summed E-state index contributed by atoms with van der Waals surface area (Å²) in [7, 11) is 1.22. The number of carbonyl (C=O) groups excluding carboxylic acids is 2. The van der Waals surface area contributed by atoms with E-state index in [1.807, 2.05) is 13.8 Å². The summed E-state index contributed by atoms with van der Waals surface area (Å²) in [5, 5.41) is 2.40. The molecule has 3 N–H and O–H groups in total. The summed E-state index contributed by atoms with van der Waals surface area (Å²) >= 11 is 0. The molecule has 1 aromatic carbocycles. The molecular formula is C14H20ClFN2O3. The molecule has 0 aromatic heterocycles. The zero-order chi connectivity index (χ0) is 15.3. The fourth-order valence-electron chi connectivity index (χ4n) is 1.59. The van der Waals surface area contributed by atoms with Crippen molar-refractivity contribution in [3.63, 3.8) is 0 Å². The normalized spacial score (nSPS) is 12.8. The van der Waals surface area contributed by atoms with Crippen molar-refractivity contribution in [3.05, 3.63) is 29.6 Å². The molecule has 0 aliphatic carbocycles. The van der Waals surface area contributed by atoms with Crippen LogP contribution in [0.4, 0.5) is 10.1 Å². The topological polar surface area (TPSA) is 81.4 Å². The van der Waals surface area contributed by atoms with Crippen LogP contribution in [0.25, 0.3) is 0 Å². The highest BCUT2D eigenvalue weighted by Crippen LogP contribution is 2.18. The number of anilines is 1. The Hall–Kier alpha value is -1.66. The first-order valence-electron chi connectivity index (χ1n) is 6.35. The Morgan fingerprint density at radius 3 is 2.57 bits per heavy atom. The molecule has 0 aliphatic heterocycles. The van der Waals surface area contributed by atoms with Crippen LogP contribution < -0.4 is 11.1 Å². The van der Waals surface area contributed by atoms with Crippen molar-refractivity contribution in [2.75, 3.05) is 12.4 Å². The zero-order valence-electron chi connectivity index (χ0n) is 12.2. The molecule has 1 rings (SSSR count). The Morgan fingerprint density at radius 1 is 1.43 bits per heavy atom. The predicted octanol–water partition coefficient (Wildman–Crippen LogP) is 2.35. The van der Waals surface area contributed by atoms with Gasteiger partial charge in [-0.1, -0.05) is 20.3 Å². The van der Waals surface area contributed by atoms with Crippen LogP contribution in [0.2, 0.25) is 0 Å². The Bertz CT molecular complexity index is 511. The van der Waals surface area contributed by atoms with E-state index in [4.69, 9.17) is 5.73 Å². The van der Waals surface area contributed by atoms with Gasteiger partial charge in [-0.3, -0.25) is 4.79 Å². The van der Waals surface area contributed by atoms with Gasteiger partial charge in [-0.2, -0.15) is 0 Å². The van der Waals surface area contributed by atoms with Crippen LogP contribution in [0.5, 0.6) is 0 Å². The van der Waals surface area contributed by atoms with Gasteiger partial charge in [0.05, 0.1) is 24.4 Å². The van der Waals surface area contributed by atoms with E-state index < -0.39 is 23.7 Å².